The van der Waals surface area contributed by atoms with Crippen LogP contribution in [0, 0.1) is 6.92 Å². The molecule has 114 valence electrons. The minimum absolute atomic E-state index is 0.103. The van der Waals surface area contributed by atoms with Crippen molar-refractivity contribution in [1.82, 2.24) is 5.32 Å². The molecular formula is C15H19NO4S. The van der Waals surface area contributed by atoms with Gasteiger partial charge in [-0.2, -0.15) is 0 Å². The van der Waals surface area contributed by atoms with Crippen LogP contribution in [0.5, 0.6) is 0 Å². The monoisotopic (exact) mass is 309 g/mol. The summed E-state index contributed by atoms with van der Waals surface area (Å²) in [5.74, 6) is -0.811. The zero-order valence-electron chi connectivity index (χ0n) is 11.9. The van der Waals surface area contributed by atoms with Crippen LogP contribution in [0.2, 0.25) is 0 Å². The van der Waals surface area contributed by atoms with Crippen molar-refractivity contribution in [2.45, 2.75) is 30.2 Å². The lowest BCUT2D eigenvalue weighted by Crippen LogP contribution is -2.51. The van der Waals surface area contributed by atoms with Crippen LogP contribution in [-0.4, -0.2) is 41.5 Å². The lowest BCUT2D eigenvalue weighted by molar-refractivity contribution is -0.139. The van der Waals surface area contributed by atoms with Crippen molar-refractivity contribution in [3.63, 3.8) is 0 Å². The minimum atomic E-state index is -0.924. The van der Waals surface area contributed by atoms with Crippen LogP contribution in [0.1, 0.15) is 18.4 Å². The number of carboxylic acids is 1. The molecule has 0 radical (unpaired) electrons. The van der Waals surface area contributed by atoms with Crippen LogP contribution in [0.4, 0.5) is 0 Å². The third kappa shape index (κ3) is 4.47. The second kappa shape index (κ2) is 6.95. The molecule has 0 spiro atoms. The van der Waals surface area contributed by atoms with E-state index >= 15 is 0 Å². The number of aliphatic carboxylic acids is 1. The zero-order chi connectivity index (χ0) is 15.3. The van der Waals surface area contributed by atoms with E-state index in [1.165, 1.54) is 11.8 Å². The number of thioether (sulfide) groups is 1. The normalized spacial score (nSPS) is 21.2. The van der Waals surface area contributed by atoms with Gasteiger partial charge in [-0.25, -0.2) is 0 Å². The molecule has 1 aliphatic heterocycles. The maximum atomic E-state index is 12.1. The van der Waals surface area contributed by atoms with Gasteiger partial charge in [0.05, 0.1) is 24.3 Å². The summed E-state index contributed by atoms with van der Waals surface area (Å²) in [5.41, 5.74) is 0.370. The highest BCUT2D eigenvalue weighted by molar-refractivity contribution is 8.00. The molecule has 1 heterocycles. The summed E-state index contributed by atoms with van der Waals surface area (Å²) >= 11 is 1.46. The Labute approximate surface area is 128 Å². The van der Waals surface area contributed by atoms with E-state index in [2.05, 4.69) is 5.32 Å². The number of aryl methyl sites for hydroxylation is 1. The van der Waals surface area contributed by atoms with Gasteiger partial charge in [0.15, 0.2) is 0 Å². The number of benzene rings is 1. The lowest BCUT2D eigenvalue weighted by Gasteiger charge is -2.26. The molecule has 1 atom stereocenters. The van der Waals surface area contributed by atoms with Gasteiger partial charge in [-0.1, -0.05) is 18.2 Å². The van der Waals surface area contributed by atoms with E-state index in [1.54, 1.807) is 0 Å². The van der Waals surface area contributed by atoms with Crippen molar-refractivity contribution >= 4 is 23.6 Å². The fraction of sp³-hybridized carbons (Fsp3) is 0.467. The van der Waals surface area contributed by atoms with Gasteiger partial charge in [0, 0.05) is 11.5 Å². The number of nitrogens with one attached hydrogen (secondary N) is 1. The number of carbonyl (C=O) groups excluding carboxylic acids is 1. The number of carboxylic acid groups (broad SMARTS) is 1. The number of hydrogen-bond acceptors (Lipinski definition) is 4. The topological polar surface area (TPSA) is 75.6 Å². The maximum Gasteiger partial charge on any atom is 0.305 e. The summed E-state index contributed by atoms with van der Waals surface area (Å²) in [7, 11) is 0. The second-order valence-corrected chi connectivity index (χ2v) is 6.27. The van der Waals surface area contributed by atoms with Gasteiger partial charge in [-0.3, -0.25) is 9.59 Å². The molecule has 2 N–H and O–H groups in total. The van der Waals surface area contributed by atoms with Crippen molar-refractivity contribution < 1.29 is 19.4 Å². The number of carbonyl (C=O) groups is 2. The minimum Gasteiger partial charge on any atom is -0.481 e. The van der Waals surface area contributed by atoms with Crippen LogP contribution in [0.3, 0.4) is 0 Å². The maximum absolute atomic E-state index is 12.1. The Hall–Kier alpha value is -1.53. The average Bonchev–Trinajstić information content (AvgIpc) is 2.85. The van der Waals surface area contributed by atoms with Crippen LogP contribution >= 0.6 is 11.8 Å². The molecule has 1 saturated heterocycles. The highest BCUT2D eigenvalue weighted by atomic mass is 32.2. The van der Waals surface area contributed by atoms with Gasteiger partial charge in [0.1, 0.15) is 0 Å². The largest absolute Gasteiger partial charge is 0.481 e. The van der Waals surface area contributed by atoms with E-state index in [0.717, 1.165) is 10.5 Å². The first-order chi connectivity index (χ1) is 10.0. The lowest BCUT2D eigenvalue weighted by atomic mass is 9.94. The summed E-state index contributed by atoms with van der Waals surface area (Å²) in [6, 6.07) is 7.86. The van der Waals surface area contributed by atoms with Gasteiger partial charge >= 0.3 is 5.97 Å². The van der Waals surface area contributed by atoms with Gasteiger partial charge in [-0.15, -0.1) is 11.8 Å². The fourth-order valence-electron chi connectivity index (χ4n) is 2.37. The Morgan fingerprint density at radius 3 is 2.81 bits per heavy atom. The molecule has 0 aromatic heterocycles. The molecule has 1 aliphatic rings. The highest BCUT2D eigenvalue weighted by Gasteiger charge is 2.38. The van der Waals surface area contributed by atoms with Crippen molar-refractivity contribution in [1.29, 1.82) is 0 Å². The van der Waals surface area contributed by atoms with Crippen LogP contribution in [-0.2, 0) is 14.3 Å². The predicted molar refractivity (Wildman–Crippen MR) is 80.5 cm³/mol. The molecule has 1 aromatic carbocycles. The fourth-order valence-corrected chi connectivity index (χ4v) is 3.20. The Morgan fingerprint density at radius 1 is 1.43 bits per heavy atom. The molecule has 6 heteroatoms. The van der Waals surface area contributed by atoms with Gasteiger partial charge in [-0.05, 0) is 25.0 Å². The molecule has 1 unspecified atom stereocenters. The quantitative estimate of drug-likeness (QED) is 0.784. The molecule has 5 nitrogen and oxygen atoms in total. The molecule has 21 heavy (non-hydrogen) atoms. The van der Waals surface area contributed by atoms with Crippen LogP contribution < -0.4 is 5.32 Å². The van der Waals surface area contributed by atoms with Gasteiger partial charge < -0.3 is 15.2 Å². The van der Waals surface area contributed by atoms with E-state index < -0.39 is 11.5 Å². The van der Waals surface area contributed by atoms with E-state index in [-0.39, 0.29) is 24.7 Å². The first-order valence-corrected chi connectivity index (χ1v) is 7.78. The van der Waals surface area contributed by atoms with Crippen LogP contribution in [0.15, 0.2) is 29.2 Å². The standard InChI is InChI=1S/C15H19NO4S/c1-11-4-2-3-5-12(11)21-9-13(17)16-15(8-14(18)19)6-7-20-10-15/h2-5H,6-10H2,1H3,(H,16,17)(H,18,19). The molecular weight excluding hydrogens is 290 g/mol. The Balaban J connectivity index is 1.91. The van der Waals surface area contributed by atoms with Crippen molar-refractivity contribution in [3.05, 3.63) is 29.8 Å². The number of ether oxygens (including phenoxy) is 1. The van der Waals surface area contributed by atoms with Crippen LogP contribution in [0.25, 0.3) is 0 Å². The van der Waals surface area contributed by atoms with Crippen molar-refractivity contribution in [2.75, 3.05) is 19.0 Å². The Bertz CT molecular complexity index is 526. The summed E-state index contributed by atoms with van der Waals surface area (Å²) < 4.78 is 5.26. The molecule has 2 rings (SSSR count). The zero-order valence-corrected chi connectivity index (χ0v) is 12.7. The Morgan fingerprint density at radius 2 is 2.19 bits per heavy atom. The first-order valence-electron chi connectivity index (χ1n) is 6.80. The Kier molecular flexibility index (Phi) is 5.25. The van der Waals surface area contributed by atoms with Crippen molar-refractivity contribution in [3.8, 4) is 0 Å². The average molecular weight is 309 g/mol. The van der Waals surface area contributed by atoms with Crippen molar-refractivity contribution in [2.24, 2.45) is 0 Å². The smallest absolute Gasteiger partial charge is 0.305 e. The second-order valence-electron chi connectivity index (χ2n) is 5.26. The highest BCUT2D eigenvalue weighted by Crippen LogP contribution is 2.25. The first kappa shape index (κ1) is 15.9. The molecule has 1 aromatic rings. The van der Waals surface area contributed by atoms with E-state index in [0.29, 0.717) is 13.0 Å². The van der Waals surface area contributed by atoms with E-state index in [1.807, 2.05) is 31.2 Å². The molecule has 0 aliphatic carbocycles. The van der Waals surface area contributed by atoms with Gasteiger partial charge in [0.25, 0.3) is 0 Å². The summed E-state index contributed by atoms with van der Waals surface area (Å²) in [6.45, 7) is 2.75. The third-order valence-corrected chi connectivity index (χ3v) is 4.63. The molecule has 0 saturated carbocycles. The SMILES string of the molecule is Cc1ccccc1SCC(=O)NC1(CC(=O)O)CCOC1. The van der Waals surface area contributed by atoms with Gasteiger partial charge in [0.2, 0.25) is 5.91 Å². The number of hydrogen-bond donors (Lipinski definition) is 2. The predicted octanol–water partition coefficient (Wildman–Crippen LogP) is 1.84. The molecule has 1 amide bonds. The number of rotatable bonds is 6. The van der Waals surface area contributed by atoms with E-state index in [4.69, 9.17) is 9.84 Å². The summed E-state index contributed by atoms with van der Waals surface area (Å²) in [4.78, 5) is 24.1. The third-order valence-electron chi connectivity index (χ3n) is 3.45. The molecule has 1 fully saturated rings. The van der Waals surface area contributed by atoms with E-state index in [9.17, 15) is 9.59 Å². The summed E-state index contributed by atoms with van der Waals surface area (Å²) in [5, 5.41) is 11.8. The number of amides is 1. The molecule has 0 bridgehead atoms. The summed E-state index contributed by atoms with van der Waals surface area (Å²) in [6.07, 6.45) is 0.438.